The molecule has 4 N–H and O–H groups in total. The highest BCUT2D eigenvalue weighted by atomic mass is 16.4. The number of carboxylic acid groups (broad SMARTS) is 1. The molecule has 15 heavy (non-hydrogen) atoms. The molecular formula is C10H18N2O3. The summed E-state index contributed by atoms with van der Waals surface area (Å²) in [6.45, 7) is 5.66. The summed E-state index contributed by atoms with van der Waals surface area (Å²) in [4.78, 5) is 21.4. The first-order chi connectivity index (χ1) is 6.95. The molecule has 5 heteroatoms. The number of rotatable bonds is 7. The van der Waals surface area contributed by atoms with Crippen molar-refractivity contribution in [1.82, 2.24) is 5.32 Å². The first kappa shape index (κ1) is 13.6. The molecule has 1 amide bonds. The summed E-state index contributed by atoms with van der Waals surface area (Å²) in [7, 11) is 0. The lowest BCUT2D eigenvalue weighted by molar-refractivity contribution is -0.138. The fourth-order valence-corrected chi connectivity index (χ4v) is 0.966. The second-order valence-corrected chi connectivity index (χ2v) is 3.48. The van der Waals surface area contributed by atoms with E-state index < -0.39 is 12.0 Å². The maximum absolute atomic E-state index is 11.0. The van der Waals surface area contributed by atoms with Gasteiger partial charge in [-0.15, -0.1) is 0 Å². The van der Waals surface area contributed by atoms with Crippen LogP contribution >= 0.6 is 0 Å². The van der Waals surface area contributed by atoms with E-state index in [2.05, 4.69) is 11.9 Å². The molecule has 0 aromatic rings. The summed E-state index contributed by atoms with van der Waals surface area (Å²) < 4.78 is 0. The van der Waals surface area contributed by atoms with Gasteiger partial charge in [-0.3, -0.25) is 9.59 Å². The molecule has 0 aromatic carbocycles. The van der Waals surface area contributed by atoms with Crippen LogP contribution in [0.15, 0.2) is 12.2 Å². The Morgan fingerprint density at radius 1 is 1.47 bits per heavy atom. The average molecular weight is 214 g/mol. The lowest BCUT2D eigenvalue weighted by Gasteiger charge is -2.06. The molecule has 0 aromatic heterocycles. The average Bonchev–Trinajstić information content (AvgIpc) is 2.16. The predicted molar refractivity (Wildman–Crippen MR) is 57.3 cm³/mol. The van der Waals surface area contributed by atoms with Crippen LogP contribution in [0.1, 0.15) is 26.2 Å². The van der Waals surface area contributed by atoms with Gasteiger partial charge in [-0.2, -0.15) is 0 Å². The van der Waals surface area contributed by atoms with E-state index in [4.69, 9.17) is 10.8 Å². The van der Waals surface area contributed by atoms with Gasteiger partial charge in [0.2, 0.25) is 5.91 Å². The van der Waals surface area contributed by atoms with Crippen molar-refractivity contribution in [3.63, 3.8) is 0 Å². The van der Waals surface area contributed by atoms with Gasteiger partial charge in [0.05, 0.1) is 0 Å². The Hall–Kier alpha value is -1.36. The minimum atomic E-state index is -0.985. The molecule has 0 bridgehead atoms. The third kappa shape index (κ3) is 6.68. The van der Waals surface area contributed by atoms with E-state index in [0.717, 1.165) is 6.42 Å². The number of nitrogens with one attached hydrogen (secondary N) is 1. The number of carboxylic acids is 1. The number of nitrogens with two attached hydrogens (primary N) is 1. The number of unbranched alkanes of at least 4 members (excludes halogenated alkanes) is 1. The maximum Gasteiger partial charge on any atom is 0.320 e. The molecule has 1 atom stereocenters. The van der Waals surface area contributed by atoms with Gasteiger partial charge < -0.3 is 16.2 Å². The molecule has 0 aliphatic heterocycles. The summed E-state index contributed by atoms with van der Waals surface area (Å²) >= 11 is 0. The van der Waals surface area contributed by atoms with Crippen LogP contribution < -0.4 is 11.1 Å². The van der Waals surface area contributed by atoms with Crippen molar-refractivity contribution in [1.29, 1.82) is 0 Å². The van der Waals surface area contributed by atoms with E-state index in [1.807, 2.05) is 0 Å². The van der Waals surface area contributed by atoms with Crippen LogP contribution in [0, 0.1) is 0 Å². The van der Waals surface area contributed by atoms with Crippen molar-refractivity contribution in [2.24, 2.45) is 5.73 Å². The molecule has 86 valence electrons. The van der Waals surface area contributed by atoms with Crippen LogP contribution in [0.5, 0.6) is 0 Å². The summed E-state index contributed by atoms with van der Waals surface area (Å²) in [6, 6.07) is -0.804. The second-order valence-electron chi connectivity index (χ2n) is 3.48. The Labute approximate surface area is 89.3 Å². The molecule has 0 saturated carbocycles. The molecule has 0 heterocycles. The summed E-state index contributed by atoms with van der Waals surface area (Å²) in [5, 5.41) is 11.2. The Balaban J connectivity index is 3.44. The number of hydrogen-bond donors (Lipinski definition) is 3. The van der Waals surface area contributed by atoms with Crippen molar-refractivity contribution in [2.75, 3.05) is 6.54 Å². The van der Waals surface area contributed by atoms with Crippen LogP contribution in [0.4, 0.5) is 0 Å². The van der Waals surface area contributed by atoms with Crippen molar-refractivity contribution in [3.05, 3.63) is 12.2 Å². The van der Waals surface area contributed by atoms with Crippen molar-refractivity contribution >= 4 is 11.9 Å². The van der Waals surface area contributed by atoms with Gasteiger partial charge in [0.25, 0.3) is 0 Å². The highest BCUT2D eigenvalue weighted by Gasteiger charge is 2.10. The number of aliphatic carboxylic acids is 1. The largest absolute Gasteiger partial charge is 0.480 e. The van der Waals surface area contributed by atoms with E-state index in [9.17, 15) is 9.59 Å². The maximum atomic E-state index is 11.0. The lowest BCUT2D eigenvalue weighted by atomic mass is 10.1. The molecule has 0 aliphatic carbocycles. The Kier molecular flexibility index (Phi) is 6.37. The Bertz CT molecular complexity index is 251. The zero-order chi connectivity index (χ0) is 11.8. The highest BCUT2D eigenvalue weighted by Crippen LogP contribution is 1.98. The minimum absolute atomic E-state index is 0.169. The van der Waals surface area contributed by atoms with Gasteiger partial charge in [0.1, 0.15) is 6.04 Å². The molecule has 0 spiro atoms. The van der Waals surface area contributed by atoms with Crippen molar-refractivity contribution in [3.8, 4) is 0 Å². The first-order valence-corrected chi connectivity index (χ1v) is 4.87. The molecule has 0 fully saturated rings. The van der Waals surface area contributed by atoms with Gasteiger partial charge >= 0.3 is 5.97 Å². The van der Waals surface area contributed by atoms with E-state index >= 15 is 0 Å². The number of amides is 1. The van der Waals surface area contributed by atoms with Crippen LogP contribution in [0.2, 0.25) is 0 Å². The van der Waals surface area contributed by atoms with Gasteiger partial charge in [-0.05, 0) is 26.2 Å². The number of carbonyl (C=O) groups is 2. The summed E-state index contributed by atoms with van der Waals surface area (Å²) in [5.74, 6) is -1.15. The topological polar surface area (TPSA) is 92.4 Å². The Morgan fingerprint density at radius 3 is 2.53 bits per heavy atom. The van der Waals surface area contributed by atoms with Gasteiger partial charge in [-0.25, -0.2) is 0 Å². The van der Waals surface area contributed by atoms with E-state index in [1.165, 1.54) is 0 Å². The van der Waals surface area contributed by atoms with Crippen molar-refractivity contribution in [2.45, 2.75) is 32.2 Å². The van der Waals surface area contributed by atoms with E-state index in [0.29, 0.717) is 25.0 Å². The lowest BCUT2D eigenvalue weighted by Crippen LogP contribution is -2.30. The molecular weight excluding hydrogens is 196 g/mol. The fraction of sp³-hybridized carbons (Fsp3) is 0.600. The number of hydrogen-bond acceptors (Lipinski definition) is 3. The molecule has 1 unspecified atom stereocenters. The quantitative estimate of drug-likeness (QED) is 0.418. The monoisotopic (exact) mass is 214 g/mol. The SMILES string of the molecule is C=C(C)C(=O)NCCCCC(N)C(=O)O. The molecule has 0 radical (unpaired) electrons. The standard InChI is InChI=1S/C10H18N2O3/c1-7(2)9(13)12-6-4-3-5-8(11)10(14)15/h8H,1,3-6,11H2,2H3,(H,12,13)(H,14,15). The van der Waals surface area contributed by atoms with Crippen LogP contribution in [0.25, 0.3) is 0 Å². The van der Waals surface area contributed by atoms with E-state index in [-0.39, 0.29) is 5.91 Å². The highest BCUT2D eigenvalue weighted by molar-refractivity contribution is 5.91. The minimum Gasteiger partial charge on any atom is -0.480 e. The van der Waals surface area contributed by atoms with Crippen LogP contribution in [0.3, 0.4) is 0 Å². The molecule has 0 aliphatic rings. The van der Waals surface area contributed by atoms with Crippen LogP contribution in [-0.4, -0.2) is 29.6 Å². The fourth-order valence-electron chi connectivity index (χ4n) is 0.966. The molecule has 0 saturated heterocycles. The normalized spacial score (nSPS) is 11.9. The zero-order valence-electron chi connectivity index (χ0n) is 8.95. The van der Waals surface area contributed by atoms with Gasteiger partial charge in [0.15, 0.2) is 0 Å². The van der Waals surface area contributed by atoms with Gasteiger partial charge in [0, 0.05) is 12.1 Å². The predicted octanol–water partition coefficient (Wildman–Crippen LogP) is 0.261. The third-order valence-electron chi connectivity index (χ3n) is 1.93. The molecule has 5 nitrogen and oxygen atoms in total. The van der Waals surface area contributed by atoms with Crippen molar-refractivity contribution < 1.29 is 14.7 Å². The third-order valence-corrected chi connectivity index (χ3v) is 1.93. The van der Waals surface area contributed by atoms with Gasteiger partial charge in [-0.1, -0.05) is 6.58 Å². The first-order valence-electron chi connectivity index (χ1n) is 4.87. The van der Waals surface area contributed by atoms with E-state index in [1.54, 1.807) is 6.92 Å². The smallest absolute Gasteiger partial charge is 0.320 e. The van der Waals surface area contributed by atoms with Crippen LogP contribution in [-0.2, 0) is 9.59 Å². The Morgan fingerprint density at radius 2 is 2.07 bits per heavy atom. The summed E-state index contributed by atoms with van der Waals surface area (Å²) in [5.41, 5.74) is 5.78. The summed E-state index contributed by atoms with van der Waals surface area (Å²) in [6.07, 6.45) is 1.84. The number of carbonyl (C=O) groups excluding carboxylic acids is 1. The molecule has 0 rings (SSSR count). The second kappa shape index (κ2) is 7.00. The zero-order valence-corrected chi connectivity index (χ0v) is 8.95.